The lowest BCUT2D eigenvalue weighted by Crippen LogP contribution is -2.20. The second-order valence-corrected chi connectivity index (χ2v) is 7.23. The van der Waals surface area contributed by atoms with E-state index in [2.05, 4.69) is 27.0 Å². The molecule has 0 saturated carbocycles. The largest absolute Gasteiger partial charge is 0.490 e. The number of imidazole rings is 1. The van der Waals surface area contributed by atoms with Crippen molar-refractivity contribution in [2.24, 2.45) is 7.05 Å². The van der Waals surface area contributed by atoms with Crippen LogP contribution in [-0.4, -0.2) is 44.6 Å². The molecule has 1 aliphatic heterocycles. The Balaban J connectivity index is 1.62. The van der Waals surface area contributed by atoms with Crippen LogP contribution >= 0.6 is 11.8 Å². The SMILES string of the molecule is COc1ccc(CSc2nc(N3CC=CC3)c3ncn(C)c3n2)cc1[N+](=O)[O-]. The molecule has 28 heavy (non-hydrogen) atoms. The van der Waals surface area contributed by atoms with Crippen LogP contribution in [0.3, 0.4) is 0 Å². The Hall–Kier alpha value is -3.14. The van der Waals surface area contributed by atoms with Crippen molar-refractivity contribution in [3.8, 4) is 5.75 Å². The number of fused-ring (bicyclic) bond motifs is 1. The lowest BCUT2D eigenvalue weighted by Gasteiger charge is -2.17. The maximum absolute atomic E-state index is 11.2. The molecule has 1 aliphatic rings. The van der Waals surface area contributed by atoms with Crippen LogP contribution < -0.4 is 9.64 Å². The average molecular weight is 398 g/mol. The summed E-state index contributed by atoms with van der Waals surface area (Å²) >= 11 is 1.43. The monoisotopic (exact) mass is 398 g/mol. The normalized spacial score (nSPS) is 13.4. The number of aryl methyl sites for hydroxylation is 1. The number of methoxy groups -OCH3 is 1. The summed E-state index contributed by atoms with van der Waals surface area (Å²) in [5, 5.41) is 11.8. The molecule has 0 N–H and O–H groups in total. The van der Waals surface area contributed by atoms with E-state index < -0.39 is 4.92 Å². The van der Waals surface area contributed by atoms with Crippen LogP contribution in [-0.2, 0) is 12.8 Å². The number of rotatable bonds is 6. The quantitative estimate of drug-likeness (QED) is 0.205. The van der Waals surface area contributed by atoms with Gasteiger partial charge >= 0.3 is 5.69 Å². The van der Waals surface area contributed by atoms with Gasteiger partial charge in [-0.05, 0) is 11.6 Å². The van der Waals surface area contributed by atoms with Gasteiger partial charge in [0.05, 0.1) is 18.4 Å². The first-order valence-corrected chi connectivity index (χ1v) is 9.58. The van der Waals surface area contributed by atoms with Crippen molar-refractivity contribution in [3.05, 3.63) is 52.4 Å². The molecule has 1 aromatic carbocycles. The van der Waals surface area contributed by atoms with E-state index in [0.29, 0.717) is 10.9 Å². The van der Waals surface area contributed by atoms with E-state index in [1.807, 2.05) is 17.7 Å². The third kappa shape index (κ3) is 3.38. The Labute approximate surface area is 165 Å². The molecule has 4 rings (SSSR count). The van der Waals surface area contributed by atoms with E-state index in [1.54, 1.807) is 12.4 Å². The van der Waals surface area contributed by atoms with Gasteiger partial charge in [-0.3, -0.25) is 10.1 Å². The number of nitro groups is 1. The van der Waals surface area contributed by atoms with Crippen molar-refractivity contribution in [1.29, 1.82) is 0 Å². The molecule has 0 amide bonds. The first-order chi connectivity index (χ1) is 13.6. The average Bonchev–Trinajstić information content (AvgIpc) is 3.36. The summed E-state index contributed by atoms with van der Waals surface area (Å²) in [6.45, 7) is 1.58. The minimum Gasteiger partial charge on any atom is -0.490 e. The fourth-order valence-corrected chi connectivity index (χ4v) is 3.80. The first-order valence-electron chi connectivity index (χ1n) is 8.60. The molecule has 3 heterocycles. The summed E-state index contributed by atoms with van der Waals surface area (Å²) in [5.74, 6) is 1.56. The van der Waals surface area contributed by atoms with Gasteiger partial charge in [0.2, 0.25) is 0 Å². The van der Waals surface area contributed by atoms with Gasteiger partial charge in [-0.2, -0.15) is 0 Å². The summed E-state index contributed by atoms with van der Waals surface area (Å²) < 4.78 is 6.92. The Morgan fingerprint density at radius 3 is 2.79 bits per heavy atom. The molecule has 0 aliphatic carbocycles. The lowest BCUT2D eigenvalue weighted by atomic mass is 10.2. The highest BCUT2D eigenvalue weighted by Gasteiger charge is 2.19. The molecule has 0 radical (unpaired) electrons. The highest BCUT2D eigenvalue weighted by Crippen LogP contribution is 2.32. The molecule has 10 heteroatoms. The van der Waals surface area contributed by atoms with Gasteiger partial charge in [-0.1, -0.05) is 30.0 Å². The van der Waals surface area contributed by atoms with Gasteiger partial charge in [0.25, 0.3) is 0 Å². The highest BCUT2D eigenvalue weighted by molar-refractivity contribution is 7.98. The smallest absolute Gasteiger partial charge is 0.311 e. The number of anilines is 1. The second-order valence-electron chi connectivity index (χ2n) is 6.29. The van der Waals surface area contributed by atoms with Crippen LogP contribution in [0.2, 0.25) is 0 Å². The van der Waals surface area contributed by atoms with E-state index in [9.17, 15) is 10.1 Å². The van der Waals surface area contributed by atoms with Crippen molar-refractivity contribution >= 4 is 34.4 Å². The van der Waals surface area contributed by atoms with Crippen LogP contribution in [0.4, 0.5) is 11.5 Å². The van der Waals surface area contributed by atoms with Gasteiger partial charge in [-0.25, -0.2) is 15.0 Å². The van der Waals surface area contributed by atoms with Crippen molar-refractivity contribution in [2.75, 3.05) is 25.1 Å². The van der Waals surface area contributed by atoms with E-state index in [-0.39, 0.29) is 11.4 Å². The van der Waals surface area contributed by atoms with Gasteiger partial charge < -0.3 is 14.2 Å². The van der Waals surface area contributed by atoms with Crippen LogP contribution in [0.15, 0.2) is 41.8 Å². The van der Waals surface area contributed by atoms with Crippen LogP contribution in [0.5, 0.6) is 5.75 Å². The molecule has 9 nitrogen and oxygen atoms in total. The van der Waals surface area contributed by atoms with Crippen molar-refractivity contribution in [1.82, 2.24) is 19.5 Å². The van der Waals surface area contributed by atoms with Crippen LogP contribution in [0, 0.1) is 10.1 Å². The fourth-order valence-electron chi connectivity index (χ4n) is 3.02. The molecule has 0 unspecified atom stereocenters. The van der Waals surface area contributed by atoms with Crippen molar-refractivity contribution in [3.63, 3.8) is 0 Å². The molecule has 0 bridgehead atoms. The van der Waals surface area contributed by atoms with Gasteiger partial charge in [-0.15, -0.1) is 0 Å². The number of nitrogens with zero attached hydrogens (tertiary/aromatic N) is 6. The zero-order valence-corrected chi connectivity index (χ0v) is 16.2. The number of hydrogen-bond acceptors (Lipinski definition) is 8. The molecule has 2 aromatic heterocycles. The zero-order chi connectivity index (χ0) is 19.7. The topological polar surface area (TPSA) is 99.2 Å². The molecule has 0 atom stereocenters. The van der Waals surface area contributed by atoms with E-state index in [0.717, 1.165) is 35.6 Å². The number of benzene rings is 1. The molecule has 144 valence electrons. The fraction of sp³-hybridized carbons (Fsp3) is 0.278. The summed E-state index contributed by atoms with van der Waals surface area (Å²) in [7, 11) is 3.32. The molecule has 0 saturated heterocycles. The summed E-state index contributed by atoms with van der Waals surface area (Å²) in [4.78, 5) is 26.7. The maximum atomic E-state index is 11.2. The Kier molecular flexibility index (Phi) is 4.86. The minimum atomic E-state index is -0.441. The van der Waals surface area contributed by atoms with Crippen molar-refractivity contribution in [2.45, 2.75) is 10.9 Å². The Morgan fingerprint density at radius 2 is 2.07 bits per heavy atom. The number of thioether (sulfide) groups is 1. The number of ether oxygens (including phenoxy) is 1. The Bertz CT molecular complexity index is 1070. The first kappa shape index (κ1) is 18.2. The standard InChI is InChI=1S/C18H18N6O3S/c1-22-11-19-15-16(22)20-18(21-17(15)23-7-3-4-8-23)28-10-12-5-6-14(27-2)13(9-12)24(25)26/h3-6,9,11H,7-8,10H2,1-2H3. The maximum Gasteiger partial charge on any atom is 0.311 e. The Morgan fingerprint density at radius 1 is 1.29 bits per heavy atom. The zero-order valence-electron chi connectivity index (χ0n) is 15.4. The highest BCUT2D eigenvalue weighted by atomic mass is 32.2. The van der Waals surface area contributed by atoms with Crippen molar-refractivity contribution < 1.29 is 9.66 Å². The van der Waals surface area contributed by atoms with E-state index in [1.165, 1.54) is 24.9 Å². The molecular formula is C18H18N6O3S. The predicted molar refractivity (Wildman–Crippen MR) is 107 cm³/mol. The van der Waals surface area contributed by atoms with Gasteiger partial charge in [0, 0.05) is 32.0 Å². The second kappa shape index (κ2) is 7.47. The molecule has 0 spiro atoms. The minimum absolute atomic E-state index is 0.0487. The third-order valence-corrected chi connectivity index (χ3v) is 5.36. The lowest BCUT2D eigenvalue weighted by molar-refractivity contribution is -0.385. The van der Waals surface area contributed by atoms with Crippen LogP contribution in [0.1, 0.15) is 5.56 Å². The molecule has 0 fully saturated rings. The van der Waals surface area contributed by atoms with Gasteiger partial charge in [0.1, 0.15) is 0 Å². The molecule has 3 aromatic rings. The molecular weight excluding hydrogens is 380 g/mol. The predicted octanol–water partition coefficient (Wildman–Crippen LogP) is 2.95. The number of nitro benzene ring substituents is 1. The van der Waals surface area contributed by atoms with Gasteiger partial charge in [0.15, 0.2) is 27.9 Å². The number of aromatic nitrogens is 4. The van der Waals surface area contributed by atoms with Crippen LogP contribution in [0.25, 0.3) is 11.2 Å². The summed E-state index contributed by atoms with van der Waals surface area (Å²) in [5.41, 5.74) is 2.29. The summed E-state index contributed by atoms with van der Waals surface area (Å²) in [6.07, 6.45) is 5.92. The van der Waals surface area contributed by atoms with E-state index >= 15 is 0 Å². The summed E-state index contributed by atoms with van der Waals surface area (Å²) in [6, 6.07) is 4.95. The van der Waals surface area contributed by atoms with E-state index in [4.69, 9.17) is 9.72 Å². The number of hydrogen-bond donors (Lipinski definition) is 0. The third-order valence-electron chi connectivity index (χ3n) is 4.45.